The minimum Gasteiger partial charge on any atom is -0.356 e. The molecule has 0 atom stereocenters. The number of rotatable bonds is 3. The topological polar surface area (TPSA) is 59.0 Å². The van der Waals surface area contributed by atoms with Crippen molar-refractivity contribution in [3.63, 3.8) is 0 Å². The lowest BCUT2D eigenvalue weighted by Gasteiger charge is -2.27. The van der Waals surface area contributed by atoms with Crippen LogP contribution in [0.2, 0.25) is 0 Å². The van der Waals surface area contributed by atoms with Crippen LogP contribution in [0.3, 0.4) is 0 Å². The van der Waals surface area contributed by atoms with Crippen LogP contribution < -0.4 is 4.90 Å². The molecule has 5 heteroatoms. The number of hydrogen-bond acceptors (Lipinski definition) is 5. The van der Waals surface area contributed by atoms with Crippen LogP contribution >= 0.6 is 0 Å². The van der Waals surface area contributed by atoms with Crippen molar-refractivity contribution < 1.29 is 4.79 Å². The molecule has 4 rings (SSSR count). The van der Waals surface area contributed by atoms with Gasteiger partial charge in [-0.25, -0.2) is 9.97 Å². The standard InChI is InChI=1S/C20H18N4O/c25-17-8-12-24(13-9-17)19-14-18(15-4-2-1-3-5-15)22-20(23-19)16-6-10-21-11-7-16/h1-7,10-11,14H,8-9,12-13H2. The fourth-order valence-corrected chi connectivity index (χ4v) is 2.97. The molecule has 0 N–H and O–H groups in total. The summed E-state index contributed by atoms with van der Waals surface area (Å²) in [5, 5.41) is 0. The monoisotopic (exact) mass is 330 g/mol. The van der Waals surface area contributed by atoms with Gasteiger partial charge in [0.15, 0.2) is 5.82 Å². The SMILES string of the molecule is O=C1CCN(c2cc(-c3ccccc3)nc(-c3ccncc3)n2)CC1. The average molecular weight is 330 g/mol. The highest BCUT2D eigenvalue weighted by Crippen LogP contribution is 2.27. The first-order chi connectivity index (χ1) is 12.3. The number of ketones is 1. The molecule has 1 aliphatic heterocycles. The fraction of sp³-hybridized carbons (Fsp3) is 0.200. The zero-order valence-electron chi connectivity index (χ0n) is 13.8. The van der Waals surface area contributed by atoms with Gasteiger partial charge in [-0.2, -0.15) is 0 Å². The zero-order valence-corrected chi connectivity index (χ0v) is 13.8. The number of hydrogen-bond donors (Lipinski definition) is 0. The van der Waals surface area contributed by atoms with Gasteiger partial charge in [-0.3, -0.25) is 9.78 Å². The molecule has 0 amide bonds. The number of Topliss-reactive ketones (excluding diaryl/α,β-unsaturated/α-hetero) is 1. The molecule has 2 aromatic heterocycles. The number of aromatic nitrogens is 3. The summed E-state index contributed by atoms with van der Waals surface area (Å²) in [4.78, 5) is 27.3. The Balaban J connectivity index is 1.79. The van der Waals surface area contributed by atoms with Gasteiger partial charge in [-0.1, -0.05) is 30.3 Å². The normalized spacial score (nSPS) is 14.6. The number of pyridine rings is 1. The van der Waals surface area contributed by atoms with Crippen LogP contribution in [-0.4, -0.2) is 33.8 Å². The lowest BCUT2D eigenvalue weighted by Crippen LogP contribution is -2.34. The average Bonchev–Trinajstić information content (AvgIpc) is 2.69. The summed E-state index contributed by atoms with van der Waals surface area (Å²) in [6, 6.07) is 15.9. The van der Waals surface area contributed by atoms with E-state index in [9.17, 15) is 4.79 Å². The van der Waals surface area contributed by atoms with Gasteiger partial charge >= 0.3 is 0 Å². The van der Waals surface area contributed by atoms with Crippen molar-refractivity contribution in [3.8, 4) is 22.6 Å². The summed E-state index contributed by atoms with van der Waals surface area (Å²) in [5.74, 6) is 1.87. The highest BCUT2D eigenvalue weighted by atomic mass is 16.1. The van der Waals surface area contributed by atoms with Gasteiger partial charge in [0, 0.05) is 55.5 Å². The van der Waals surface area contributed by atoms with Gasteiger partial charge < -0.3 is 4.90 Å². The molecule has 1 aliphatic rings. The second-order valence-corrected chi connectivity index (χ2v) is 6.06. The highest BCUT2D eigenvalue weighted by Gasteiger charge is 2.19. The number of carbonyl (C=O) groups excluding carboxylic acids is 1. The molecule has 0 saturated carbocycles. The number of carbonyl (C=O) groups is 1. The van der Waals surface area contributed by atoms with Gasteiger partial charge in [0.25, 0.3) is 0 Å². The first-order valence-electron chi connectivity index (χ1n) is 8.41. The molecule has 5 nitrogen and oxygen atoms in total. The van der Waals surface area contributed by atoms with E-state index in [1.165, 1.54) is 0 Å². The Morgan fingerprint density at radius 1 is 0.840 bits per heavy atom. The molecule has 3 aromatic rings. The third-order valence-corrected chi connectivity index (χ3v) is 4.37. The quantitative estimate of drug-likeness (QED) is 0.737. The second-order valence-electron chi connectivity index (χ2n) is 6.06. The summed E-state index contributed by atoms with van der Waals surface area (Å²) in [7, 11) is 0. The molecule has 1 fully saturated rings. The Hall–Kier alpha value is -3.08. The van der Waals surface area contributed by atoms with Gasteiger partial charge in [0.2, 0.25) is 0 Å². The number of piperidine rings is 1. The van der Waals surface area contributed by atoms with E-state index < -0.39 is 0 Å². The van der Waals surface area contributed by atoms with Crippen molar-refractivity contribution in [3.05, 3.63) is 60.9 Å². The Labute approximate surface area is 146 Å². The van der Waals surface area contributed by atoms with Crippen LogP contribution in [0.4, 0.5) is 5.82 Å². The van der Waals surface area contributed by atoms with Crippen LogP contribution in [0.1, 0.15) is 12.8 Å². The summed E-state index contributed by atoms with van der Waals surface area (Å²) < 4.78 is 0. The molecular formula is C20H18N4O. The lowest BCUT2D eigenvalue weighted by molar-refractivity contribution is -0.119. The van der Waals surface area contributed by atoms with E-state index in [0.717, 1.165) is 22.6 Å². The zero-order chi connectivity index (χ0) is 17.1. The maximum Gasteiger partial charge on any atom is 0.162 e. The van der Waals surface area contributed by atoms with Crippen molar-refractivity contribution >= 4 is 11.6 Å². The third kappa shape index (κ3) is 3.40. The van der Waals surface area contributed by atoms with Crippen LogP contribution in [-0.2, 0) is 4.79 Å². The van der Waals surface area contributed by atoms with Gasteiger partial charge in [0.1, 0.15) is 11.6 Å². The lowest BCUT2D eigenvalue weighted by atomic mass is 10.1. The van der Waals surface area contributed by atoms with E-state index in [-0.39, 0.29) is 0 Å². The molecule has 1 saturated heterocycles. The van der Waals surface area contributed by atoms with Crippen LogP contribution in [0, 0.1) is 0 Å². The number of benzene rings is 1. The molecule has 1 aromatic carbocycles. The Morgan fingerprint density at radius 3 is 2.28 bits per heavy atom. The maximum absolute atomic E-state index is 11.6. The molecule has 0 aliphatic carbocycles. The summed E-state index contributed by atoms with van der Waals surface area (Å²) in [6.07, 6.45) is 4.64. The van der Waals surface area contributed by atoms with E-state index in [2.05, 4.69) is 9.88 Å². The molecule has 0 unspecified atom stereocenters. The largest absolute Gasteiger partial charge is 0.356 e. The fourth-order valence-electron chi connectivity index (χ4n) is 2.97. The molecule has 25 heavy (non-hydrogen) atoms. The van der Waals surface area contributed by atoms with Crippen LogP contribution in [0.25, 0.3) is 22.6 Å². The Bertz CT molecular complexity index is 813. The molecule has 0 spiro atoms. The highest BCUT2D eigenvalue weighted by molar-refractivity contribution is 5.81. The Morgan fingerprint density at radius 2 is 1.56 bits per heavy atom. The van der Waals surface area contributed by atoms with E-state index >= 15 is 0 Å². The first-order valence-corrected chi connectivity index (χ1v) is 8.41. The van der Waals surface area contributed by atoms with Gasteiger partial charge in [-0.15, -0.1) is 0 Å². The summed E-state index contributed by atoms with van der Waals surface area (Å²) in [5.41, 5.74) is 2.87. The van der Waals surface area contributed by atoms with Crippen molar-refractivity contribution in [2.24, 2.45) is 0 Å². The van der Waals surface area contributed by atoms with Crippen LogP contribution in [0.5, 0.6) is 0 Å². The second kappa shape index (κ2) is 6.81. The van der Waals surface area contributed by atoms with E-state index in [4.69, 9.17) is 9.97 Å². The molecular weight excluding hydrogens is 312 g/mol. The number of anilines is 1. The van der Waals surface area contributed by atoms with Crippen LogP contribution in [0.15, 0.2) is 60.9 Å². The summed E-state index contributed by atoms with van der Waals surface area (Å²) >= 11 is 0. The molecule has 0 radical (unpaired) electrons. The molecule has 3 heterocycles. The Kier molecular flexibility index (Phi) is 4.21. The van der Waals surface area contributed by atoms with Gasteiger partial charge in [0.05, 0.1) is 5.69 Å². The summed E-state index contributed by atoms with van der Waals surface area (Å²) in [6.45, 7) is 1.42. The van der Waals surface area contributed by atoms with Crippen molar-refractivity contribution in [2.45, 2.75) is 12.8 Å². The molecule has 124 valence electrons. The van der Waals surface area contributed by atoms with Crippen molar-refractivity contribution in [1.29, 1.82) is 0 Å². The first kappa shape index (κ1) is 15.4. The predicted molar refractivity (Wildman–Crippen MR) is 97.2 cm³/mol. The van der Waals surface area contributed by atoms with Gasteiger partial charge in [-0.05, 0) is 12.1 Å². The number of nitrogens with zero attached hydrogens (tertiary/aromatic N) is 4. The third-order valence-electron chi connectivity index (χ3n) is 4.37. The molecule has 0 bridgehead atoms. The van der Waals surface area contributed by atoms with Crippen molar-refractivity contribution in [2.75, 3.05) is 18.0 Å². The minimum atomic E-state index is 0.322. The predicted octanol–water partition coefficient (Wildman–Crippen LogP) is 3.37. The van der Waals surface area contributed by atoms with E-state index in [0.29, 0.717) is 37.5 Å². The van der Waals surface area contributed by atoms with E-state index in [1.807, 2.05) is 48.5 Å². The minimum absolute atomic E-state index is 0.322. The van der Waals surface area contributed by atoms with Crippen molar-refractivity contribution in [1.82, 2.24) is 15.0 Å². The van der Waals surface area contributed by atoms with E-state index in [1.54, 1.807) is 12.4 Å². The smallest absolute Gasteiger partial charge is 0.162 e. The maximum atomic E-state index is 11.6.